The minimum atomic E-state index is 0. The first-order valence-electron chi connectivity index (χ1n) is 7.98. The lowest BCUT2D eigenvalue weighted by atomic mass is 10.2. The van der Waals surface area contributed by atoms with E-state index in [1.165, 1.54) is 18.4 Å². The van der Waals surface area contributed by atoms with E-state index in [0.717, 1.165) is 48.4 Å². The van der Waals surface area contributed by atoms with Gasteiger partial charge in [0, 0.05) is 24.1 Å². The second-order valence-electron chi connectivity index (χ2n) is 6.10. The molecule has 0 amide bonds. The van der Waals surface area contributed by atoms with Crippen LogP contribution >= 0.6 is 40.7 Å². The topological polar surface area (TPSA) is 33.7 Å². The van der Waals surface area contributed by atoms with Crippen molar-refractivity contribution in [2.75, 3.05) is 34.3 Å². The Balaban J connectivity index is 0.00000264. The maximum atomic E-state index is 6.11. The van der Waals surface area contributed by atoms with Crippen LogP contribution in [0.25, 0.3) is 0 Å². The predicted octanol–water partition coefficient (Wildman–Crippen LogP) is 4.27. The Morgan fingerprint density at radius 3 is 2.42 bits per heavy atom. The average Bonchev–Trinajstić information content (AvgIpc) is 2.98. The first-order valence-corrected chi connectivity index (χ1v) is 8.78. The molecule has 1 aromatic rings. The highest BCUT2D eigenvalue weighted by molar-refractivity contribution is 9.10. The Bertz CT molecular complexity index is 484. The van der Waals surface area contributed by atoms with Crippen LogP contribution in [0.3, 0.4) is 0 Å². The first kappa shape index (κ1) is 23.8. The van der Waals surface area contributed by atoms with Crippen molar-refractivity contribution in [2.45, 2.75) is 38.3 Å². The molecule has 7 heteroatoms. The third-order valence-electron chi connectivity index (χ3n) is 3.98. The quantitative estimate of drug-likeness (QED) is 0.608. The summed E-state index contributed by atoms with van der Waals surface area (Å²) in [6.45, 7) is 2.80. The van der Waals surface area contributed by atoms with Crippen LogP contribution < -0.4 is 14.8 Å². The van der Waals surface area contributed by atoms with Gasteiger partial charge < -0.3 is 19.7 Å². The Hall–Kier alpha value is -0.200. The number of hydrogen-bond acceptors (Lipinski definition) is 4. The van der Waals surface area contributed by atoms with Crippen LogP contribution in [0.1, 0.15) is 31.2 Å². The number of rotatable bonds is 8. The molecular weight excluding hydrogens is 415 g/mol. The minimum Gasteiger partial charge on any atom is -0.493 e. The average molecular weight is 444 g/mol. The van der Waals surface area contributed by atoms with Gasteiger partial charge in [-0.25, -0.2) is 0 Å². The van der Waals surface area contributed by atoms with E-state index in [4.69, 9.17) is 9.47 Å². The van der Waals surface area contributed by atoms with Gasteiger partial charge >= 0.3 is 0 Å². The van der Waals surface area contributed by atoms with Gasteiger partial charge in [-0.1, -0.05) is 15.9 Å². The molecule has 0 aromatic heterocycles. The number of hydrogen-bond donors (Lipinski definition) is 1. The molecule has 24 heavy (non-hydrogen) atoms. The van der Waals surface area contributed by atoms with Gasteiger partial charge in [-0.3, -0.25) is 0 Å². The van der Waals surface area contributed by atoms with Crippen LogP contribution in [0, 0.1) is 0 Å². The zero-order valence-corrected chi connectivity index (χ0v) is 17.9. The van der Waals surface area contributed by atoms with Crippen molar-refractivity contribution in [1.29, 1.82) is 0 Å². The normalized spacial score (nSPS) is 14.2. The highest BCUT2D eigenvalue weighted by Gasteiger charge is 2.19. The maximum Gasteiger partial charge on any atom is 0.162 e. The molecule has 0 atom stereocenters. The van der Waals surface area contributed by atoms with Crippen molar-refractivity contribution < 1.29 is 9.47 Å². The van der Waals surface area contributed by atoms with Gasteiger partial charge in [0.2, 0.25) is 0 Å². The van der Waals surface area contributed by atoms with Gasteiger partial charge in [-0.15, -0.1) is 24.8 Å². The number of benzene rings is 1. The standard InChI is InChI=1S/C17H27BrN2O2.2ClH/c1-20(2)9-8-19-12-13-10-16(21-3)17(11-15(13)18)22-14-6-4-5-7-14;;/h10-11,14,19H,4-9,12H2,1-3H3;2*1H. The molecule has 0 heterocycles. The molecule has 4 nitrogen and oxygen atoms in total. The molecule has 0 bridgehead atoms. The van der Waals surface area contributed by atoms with Crippen molar-refractivity contribution in [2.24, 2.45) is 0 Å². The molecule has 1 aliphatic carbocycles. The molecule has 140 valence electrons. The van der Waals surface area contributed by atoms with E-state index >= 15 is 0 Å². The Kier molecular flexibility index (Phi) is 12.1. The molecule has 0 saturated heterocycles. The molecule has 2 rings (SSSR count). The number of halogens is 3. The zero-order chi connectivity index (χ0) is 15.9. The largest absolute Gasteiger partial charge is 0.493 e. The number of nitrogens with one attached hydrogen (secondary N) is 1. The van der Waals surface area contributed by atoms with Crippen molar-refractivity contribution in [1.82, 2.24) is 10.2 Å². The van der Waals surface area contributed by atoms with Crippen molar-refractivity contribution in [3.8, 4) is 11.5 Å². The summed E-state index contributed by atoms with van der Waals surface area (Å²) in [7, 11) is 5.86. The molecule has 0 unspecified atom stereocenters. The monoisotopic (exact) mass is 442 g/mol. The second kappa shape index (κ2) is 12.2. The van der Waals surface area contributed by atoms with Gasteiger partial charge in [0.25, 0.3) is 0 Å². The second-order valence-corrected chi connectivity index (χ2v) is 6.95. The number of methoxy groups -OCH3 is 1. The summed E-state index contributed by atoms with van der Waals surface area (Å²) in [5.41, 5.74) is 1.19. The summed E-state index contributed by atoms with van der Waals surface area (Å²) < 4.78 is 12.7. The zero-order valence-electron chi connectivity index (χ0n) is 14.6. The van der Waals surface area contributed by atoms with Crippen molar-refractivity contribution >= 4 is 40.7 Å². The molecule has 1 saturated carbocycles. The van der Waals surface area contributed by atoms with Gasteiger partial charge in [0.1, 0.15) is 0 Å². The van der Waals surface area contributed by atoms with Gasteiger partial charge in [0.05, 0.1) is 13.2 Å². The van der Waals surface area contributed by atoms with E-state index in [-0.39, 0.29) is 24.8 Å². The number of nitrogens with zero attached hydrogens (tertiary/aromatic N) is 1. The molecule has 0 spiro atoms. The van der Waals surface area contributed by atoms with Crippen LogP contribution in [0.4, 0.5) is 0 Å². The fourth-order valence-corrected chi connectivity index (χ4v) is 3.14. The highest BCUT2D eigenvalue weighted by Crippen LogP contribution is 2.36. The smallest absolute Gasteiger partial charge is 0.162 e. The summed E-state index contributed by atoms with van der Waals surface area (Å²) >= 11 is 3.65. The Morgan fingerprint density at radius 2 is 1.83 bits per heavy atom. The van der Waals surface area contributed by atoms with Crippen LogP contribution in [-0.2, 0) is 6.54 Å². The fourth-order valence-electron chi connectivity index (χ4n) is 2.68. The third-order valence-corrected chi connectivity index (χ3v) is 4.72. The third kappa shape index (κ3) is 7.36. The van der Waals surface area contributed by atoms with Crippen LogP contribution in [0.15, 0.2) is 16.6 Å². The molecule has 1 aromatic carbocycles. The summed E-state index contributed by atoms with van der Waals surface area (Å²) in [5, 5.41) is 3.45. The van der Waals surface area contributed by atoms with Crippen LogP contribution in [-0.4, -0.2) is 45.3 Å². The summed E-state index contributed by atoms with van der Waals surface area (Å²) in [4.78, 5) is 2.17. The Labute approximate surface area is 166 Å². The summed E-state index contributed by atoms with van der Waals surface area (Å²) in [6, 6.07) is 4.11. The SMILES string of the molecule is COc1cc(CNCCN(C)C)c(Br)cc1OC1CCCC1.Cl.Cl. The molecule has 0 radical (unpaired) electrons. The van der Waals surface area contributed by atoms with Gasteiger partial charge in [-0.05, 0) is 57.5 Å². The highest BCUT2D eigenvalue weighted by atomic mass is 79.9. The number of ether oxygens (including phenoxy) is 2. The van der Waals surface area contributed by atoms with E-state index in [2.05, 4.69) is 46.3 Å². The van der Waals surface area contributed by atoms with Crippen LogP contribution in [0.5, 0.6) is 11.5 Å². The Morgan fingerprint density at radius 1 is 1.17 bits per heavy atom. The first-order chi connectivity index (χ1) is 10.6. The van der Waals surface area contributed by atoms with E-state index in [9.17, 15) is 0 Å². The van der Waals surface area contributed by atoms with E-state index in [1.54, 1.807) is 7.11 Å². The molecule has 1 aliphatic rings. The lowest BCUT2D eigenvalue weighted by Gasteiger charge is -2.18. The maximum absolute atomic E-state index is 6.11. The molecule has 1 fully saturated rings. The minimum absolute atomic E-state index is 0. The summed E-state index contributed by atoms with van der Waals surface area (Å²) in [5.74, 6) is 1.66. The van der Waals surface area contributed by atoms with E-state index in [1.807, 2.05) is 6.07 Å². The van der Waals surface area contributed by atoms with Crippen LogP contribution in [0.2, 0.25) is 0 Å². The van der Waals surface area contributed by atoms with E-state index < -0.39 is 0 Å². The van der Waals surface area contributed by atoms with E-state index in [0.29, 0.717) is 6.10 Å². The number of likely N-dealkylation sites (N-methyl/N-ethyl adjacent to an activating group) is 1. The predicted molar refractivity (Wildman–Crippen MR) is 108 cm³/mol. The molecular formula is C17H29BrCl2N2O2. The van der Waals surface area contributed by atoms with Gasteiger partial charge in [0.15, 0.2) is 11.5 Å². The molecule has 1 N–H and O–H groups in total. The lowest BCUT2D eigenvalue weighted by Crippen LogP contribution is -2.26. The molecule has 0 aliphatic heterocycles. The van der Waals surface area contributed by atoms with Gasteiger partial charge in [-0.2, -0.15) is 0 Å². The van der Waals surface area contributed by atoms with Crippen molar-refractivity contribution in [3.05, 3.63) is 22.2 Å². The summed E-state index contributed by atoms with van der Waals surface area (Å²) in [6.07, 6.45) is 5.16. The fraction of sp³-hybridized carbons (Fsp3) is 0.647. The lowest BCUT2D eigenvalue weighted by molar-refractivity contribution is 0.200. The van der Waals surface area contributed by atoms with Crippen molar-refractivity contribution in [3.63, 3.8) is 0 Å².